The van der Waals surface area contributed by atoms with E-state index in [-0.39, 0.29) is 6.61 Å². The van der Waals surface area contributed by atoms with Crippen LogP contribution in [0.4, 0.5) is 0 Å². The van der Waals surface area contributed by atoms with Crippen molar-refractivity contribution in [2.24, 2.45) is 5.92 Å². The molecule has 0 heterocycles. The molecule has 0 saturated heterocycles. The molecular formula is C16H28O2. The highest BCUT2D eigenvalue weighted by Crippen LogP contribution is 2.10. The summed E-state index contributed by atoms with van der Waals surface area (Å²) in [5.41, 5.74) is 1.19. The molecule has 0 aliphatic rings. The first-order chi connectivity index (χ1) is 8.78. The topological polar surface area (TPSA) is 40.5 Å². The highest BCUT2D eigenvalue weighted by atomic mass is 16.3. The summed E-state index contributed by atoms with van der Waals surface area (Å²) in [7, 11) is 0. The van der Waals surface area contributed by atoms with E-state index in [1.54, 1.807) is 0 Å². The normalized spacial score (nSPS) is 11.6. The van der Waals surface area contributed by atoms with Crippen LogP contribution in [-0.4, -0.2) is 23.4 Å². The lowest BCUT2D eigenvalue weighted by Gasteiger charge is -2.08. The lowest BCUT2D eigenvalue weighted by Crippen LogP contribution is -2.03. The Labute approximate surface area is 112 Å². The largest absolute Gasteiger partial charge is 0.396 e. The zero-order valence-electron chi connectivity index (χ0n) is 11.8. The molecule has 1 atom stereocenters. The molecule has 0 aliphatic carbocycles. The SMILES string of the molecule is CCCCC(CC)CO.OCCc1ccccc1. The second-order valence-electron chi connectivity index (χ2n) is 4.56. The molecule has 1 aromatic carbocycles. The Bertz CT molecular complexity index is 255. The molecule has 2 nitrogen and oxygen atoms in total. The summed E-state index contributed by atoms with van der Waals surface area (Å²) in [4.78, 5) is 0. The standard InChI is InChI=1S/C8H10O.C8H18O/c9-7-6-8-4-2-1-3-5-8;1-3-5-6-8(4-2)7-9/h1-5,9H,6-7H2;8-9H,3-7H2,1-2H3. The molecule has 0 fully saturated rings. The van der Waals surface area contributed by atoms with Gasteiger partial charge in [0.15, 0.2) is 0 Å². The lowest BCUT2D eigenvalue weighted by atomic mass is 10.0. The number of hydrogen-bond acceptors (Lipinski definition) is 2. The van der Waals surface area contributed by atoms with Crippen LogP contribution in [0.2, 0.25) is 0 Å². The number of aliphatic hydroxyl groups is 2. The minimum Gasteiger partial charge on any atom is -0.396 e. The van der Waals surface area contributed by atoms with Crippen molar-refractivity contribution in [3.8, 4) is 0 Å². The van der Waals surface area contributed by atoms with Crippen molar-refractivity contribution in [3.63, 3.8) is 0 Å². The summed E-state index contributed by atoms with van der Waals surface area (Å²) in [5.74, 6) is 0.560. The number of rotatable bonds is 7. The number of unbranched alkanes of at least 4 members (excludes halogenated alkanes) is 1. The zero-order chi connectivity index (χ0) is 13.6. The summed E-state index contributed by atoms with van der Waals surface area (Å²) in [6.45, 7) is 4.93. The average Bonchev–Trinajstić information content (AvgIpc) is 2.42. The molecule has 104 valence electrons. The summed E-state index contributed by atoms with van der Waals surface area (Å²) < 4.78 is 0. The van der Waals surface area contributed by atoms with Crippen LogP contribution in [-0.2, 0) is 6.42 Å². The van der Waals surface area contributed by atoms with Crippen LogP contribution in [0.25, 0.3) is 0 Å². The summed E-state index contributed by atoms with van der Waals surface area (Å²) in [6.07, 6.45) is 5.59. The van der Waals surface area contributed by atoms with E-state index >= 15 is 0 Å². The predicted octanol–water partition coefficient (Wildman–Crippen LogP) is 3.42. The maximum Gasteiger partial charge on any atom is 0.0471 e. The number of aliphatic hydroxyl groups excluding tert-OH is 2. The van der Waals surface area contributed by atoms with Gasteiger partial charge in [0.25, 0.3) is 0 Å². The van der Waals surface area contributed by atoms with Gasteiger partial charge in [-0.2, -0.15) is 0 Å². The van der Waals surface area contributed by atoms with Crippen molar-refractivity contribution in [2.75, 3.05) is 13.2 Å². The molecule has 2 N–H and O–H groups in total. The third kappa shape index (κ3) is 9.20. The molecule has 18 heavy (non-hydrogen) atoms. The molecule has 1 rings (SSSR count). The van der Waals surface area contributed by atoms with Crippen LogP contribution in [0.5, 0.6) is 0 Å². The van der Waals surface area contributed by atoms with Gasteiger partial charge in [-0.25, -0.2) is 0 Å². The van der Waals surface area contributed by atoms with Crippen molar-refractivity contribution in [2.45, 2.75) is 46.0 Å². The van der Waals surface area contributed by atoms with Crippen LogP contribution >= 0.6 is 0 Å². The van der Waals surface area contributed by atoms with Gasteiger partial charge in [-0.05, 0) is 24.3 Å². The van der Waals surface area contributed by atoms with Crippen molar-refractivity contribution >= 4 is 0 Å². The van der Waals surface area contributed by atoms with E-state index in [4.69, 9.17) is 10.2 Å². The van der Waals surface area contributed by atoms with Gasteiger partial charge >= 0.3 is 0 Å². The van der Waals surface area contributed by atoms with Crippen LogP contribution in [0.1, 0.15) is 45.1 Å². The molecule has 0 amide bonds. The van der Waals surface area contributed by atoms with Gasteiger partial charge in [0.05, 0.1) is 0 Å². The van der Waals surface area contributed by atoms with Crippen molar-refractivity contribution in [1.29, 1.82) is 0 Å². The summed E-state index contributed by atoms with van der Waals surface area (Å²) in [6, 6.07) is 9.95. The number of benzene rings is 1. The molecule has 0 aromatic heterocycles. The van der Waals surface area contributed by atoms with Crippen molar-refractivity contribution < 1.29 is 10.2 Å². The molecule has 0 aliphatic heterocycles. The van der Waals surface area contributed by atoms with E-state index in [0.29, 0.717) is 12.5 Å². The molecule has 1 unspecified atom stereocenters. The third-order valence-electron chi connectivity index (χ3n) is 3.04. The van der Waals surface area contributed by atoms with Crippen LogP contribution in [0.3, 0.4) is 0 Å². The van der Waals surface area contributed by atoms with E-state index in [1.807, 2.05) is 30.3 Å². The van der Waals surface area contributed by atoms with E-state index in [2.05, 4.69) is 13.8 Å². The quantitative estimate of drug-likeness (QED) is 0.780. The van der Waals surface area contributed by atoms with E-state index in [1.165, 1.54) is 24.8 Å². The van der Waals surface area contributed by atoms with Gasteiger partial charge < -0.3 is 10.2 Å². The molecular weight excluding hydrogens is 224 g/mol. The highest BCUT2D eigenvalue weighted by molar-refractivity contribution is 5.14. The second kappa shape index (κ2) is 12.6. The summed E-state index contributed by atoms with van der Waals surface area (Å²) in [5, 5.41) is 17.3. The van der Waals surface area contributed by atoms with Gasteiger partial charge in [-0.15, -0.1) is 0 Å². The fourth-order valence-corrected chi connectivity index (χ4v) is 1.69. The van der Waals surface area contributed by atoms with E-state index in [0.717, 1.165) is 12.8 Å². The fourth-order valence-electron chi connectivity index (χ4n) is 1.69. The lowest BCUT2D eigenvalue weighted by molar-refractivity contribution is 0.212. The van der Waals surface area contributed by atoms with Crippen molar-refractivity contribution in [1.82, 2.24) is 0 Å². The molecule has 1 aromatic rings. The number of hydrogen-bond donors (Lipinski definition) is 2. The minimum absolute atomic E-state index is 0.240. The molecule has 2 heteroatoms. The van der Waals surface area contributed by atoms with E-state index in [9.17, 15) is 0 Å². The van der Waals surface area contributed by atoms with Gasteiger partial charge in [0.1, 0.15) is 0 Å². The highest BCUT2D eigenvalue weighted by Gasteiger charge is 2.01. The molecule has 0 bridgehead atoms. The fraction of sp³-hybridized carbons (Fsp3) is 0.625. The van der Waals surface area contributed by atoms with Gasteiger partial charge in [0, 0.05) is 13.2 Å². The van der Waals surface area contributed by atoms with E-state index < -0.39 is 0 Å². The maximum atomic E-state index is 8.75. The van der Waals surface area contributed by atoms with Gasteiger partial charge in [-0.1, -0.05) is 63.4 Å². The van der Waals surface area contributed by atoms with Crippen LogP contribution in [0, 0.1) is 5.92 Å². The minimum atomic E-state index is 0.240. The Morgan fingerprint density at radius 3 is 2.17 bits per heavy atom. The third-order valence-corrected chi connectivity index (χ3v) is 3.04. The Balaban J connectivity index is 0.000000321. The summed E-state index contributed by atoms with van der Waals surface area (Å²) >= 11 is 0. The Hall–Kier alpha value is -0.860. The molecule has 0 spiro atoms. The molecule has 0 saturated carbocycles. The monoisotopic (exact) mass is 252 g/mol. The molecule has 0 radical (unpaired) electrons. The van der Waals surface area contributed by atoms with Gasteiger partial charge in [0.2, 0.25) is 0 Å². The first-order valence-corrected chi connectivity index (χ1v) is 7.04. The zero-order valence-corrected chi connectivity index (χ0v) is 11.8. The Morgan fingerprint density at radius 2 is 1.72 bits per heavy atom. The van der Waals surface area contributed by atoms with Crippen molar-refractivity contribution in [3.05, 3.63) is 35.9 Å². The first-order valence-electron chi connectivity index (χ1n) is 7.04. The van der Waals surface area contributed by atoms with Crippen LogP contribution in [0.15, 0.2) is 30.3 Å². The maximum absolute atomic E-state index is 8.75. The average molecular weight is 252 g/mol. The smallest absolute Gasteiger partial charge is 0.0471 e. The Morgan fingerprint density at radius 1 is 1.06 bits per heavy atom. The van der Waals surface area contributed by atoms with Crippen LogP contribution < -0.4 is 0 Å². The van der Waals surface area contributed by atoms with Gasteiger partial charge in [-0.3, -0.25) is 0 Å². The predicted molar refractivity (Wildman–Crippen MR) is 77.6 cm³/mol. The Kier molecular flexibility index (Phi) is 12.0. The first kappa shape index (κ1) is 17.1. The second-order valence-corrected chi connectivity index (χ2v) is 4.56.